The molecule has 0 heterocycles. The number of rotatable bonds is 3. The molecule has 3 N–H and O–H groups in total. The van der Waals surface area contributed by atoms with E-state index in [-0.39, 0.29) is 29.2 Å². The van der Waals surface area contributed by atoms with Gasteiger partial charge in [0.15, 0.2) is 0 Å². The van der Waals surface area contributed by atoms with E-state index >= 15 is 0 Å². The molecule has 2 atom stereocenters. The van der Waals surface area contributed by atoms with Crippen LogP contribution >= 0.6 is 0 Å². The number of anilines is 1. The summed E-state index contributed by atoms with van der Waals surface area (Å²) < 4.78 is 13.5. The van der Waals surface area contributed by atoms with Gasteiger partial charge in [0.05, 0.1) is 10.6 Å². The molecule has 1 aliphatic carbocycles. The number of nitrogens with two attached hydrogens (primary N) is 1. The van der Waals surface area contributed by atoms with Crippen LogP contribution in [0.2, 0.25) is 0 Å². The highest BCUT2D eigenvalue weighted by Gasteiger charge is 2.28. The number of non-ortho nitro benzene ring substituents is 1. The molecule has 19 heavy (non-hydrogen) atoms. The molecule has 1 aromatic carbocycles. The van der Waals surface area contributed by atoms with E-state index in [4.69, 9.17) is 5.73 Å². The lowest BCUT2D eigenvalue weighted by Crippen LogP contribution is -2.23. The van der Waals surface area contributed by atoms with Crippen LogP contribution in [-0.2, 0) is 4.79 Å². The van der Waals surface area contributed by atoms with Crippen molar-refractivity contribution < 1.29 is 14.1 Å². The monoisotopic (exact) mass is 267 g/mol. The second-order valence-electron chi connectivity index (χ2n) is 4.68. The summed E-state index contributed by atoms with van der Waals surface area (Å²) in [4.78, 5) is 21.9. The molecule has 1 fully saturated rings. The van der Waals surface area contributed by atoms with Crippen molar-refractivity contribution in [3.63, 3.8) is 0 Å². The first-order chi connectivity index (χ1) is 8.97. The third-order valence-electron chi connectivity index (χ3n) is 3.26. The number of hydrogen-bond donors (Lipinski definition) is 2. The number of amides is 1. The van der Waals surface area contributed by atoms with Crippen LogP contribution in [0, 0.1) is 21.8 Å². The maximum atomic E-state index is 13.5. The van der Waals surface area contributed by atoms with Crippen molar-refractivity contribution in [1.29, 1.82) is 0 Å². The minimum absolute atomic E-state index is 0.00861. The SMILES string of the molecule is NC1CCC(C(=O)Nc2cc([N+](=O)[O-])ccc2F)C1. The molecule has 1 aliphatic rings. The average molecular weight is 267 g/mol. The largest absolute Gasteiger partial charge is 0.328 e. The second kappa shape index (κ2) is 5.31. The quantitative estimate of drug-likeness (QED) is 0.644. The minimum Gasteiger partial charge on any atom is -0.328 e. The van der Waals surface area contributed by atoms with Gasteiger partial charge in [0, 0.05) is 24.1 Å². The molecule has 1 aromatic rings. The Balaban J connectivity index is 2.12. The van der Waals surface area contributed by atoms with Crippen molar-refractivity contribution in [1.82, 2.24) is 0 Å². The lowest BCUT2D eigenvalue weighted by Gasteiger charge is -2.11. The van der Waals surface area contributed by atoms with Crippen molar-refractivity contribution in [3.8, 4) is 0 Å². The van der Waals surface area contributed by atoms with E-state index in [0.29, 0.717) is 12.8 Å². The number of halogens is 1. The van der Waals surface area contributed by atoms with Gasteiger partial charge in [0.25, 0.3) is 5.69 Å². The number of carbonyl (C=O) groups excluding carboxylic acids is 1. The highest BCUT2D eigenvalue weighted by Crippen LogP contribution is 2.27. The van der Waals surface area contributed by atoms with Gasteiger partial charge in [0.1, 0.15) is 5.82 Å². The van der Waals surface area contributed by atoms with E-state index in [1.165, 1.54) is 0 Å². The predicted molar refractivity (Wildman–Crippen MR) is 67.0 cm³/mol. The summed E-state index contributed by atoms with van der Waals surface area (Å²) in [7, 11) is 0. The molecule has 0 radical (unpaired) electrons. The lowest BCUT2D eigenvalue weighted by atomic mass is 10.1. The lowest BCUT2D eigenvalue weighted by molar-refractivity contribution is -0.384. The van der Waals surface area contributed by atoms with Gasteiger partial charge in [0.2, 0.25) is 5.91 Å². The van der Waals surface area contributed by atoms with E-state index in [2.05, 4.69) is 5.32 Å². The van der Waals surface area contributed by atoms with Gasteiger partial charge in [-0.25, -0.2) is 4.39 Å². The Bertz CT molecular complexity index is 521. The normalized spacial score (nSPS) is 22.2. The van der Waals surface area contributed by atoms with Crippen LogP contribution in [0.1, 0.15) is 19.3 Å². The molecule has 0 bridgehead atoms. The molecule has 6 nitrogen and oxygen atoms in total. The van der Waals surface area contributed by atoms with E-state index in [1.807, 2.05) is 0 Å². The molecule has 2 unspecified atom stereocenters. The number of nitro groups is 1. The molecule has 2 rings (SSSR count). The van der Waals surface area contributed by atoms with Crippen molar-refractivity contribution in [2.45, 2.75) is 25.3 Å². The zero-order valence-corrected chi connectivity index (χ0v) is 10.1. The predicted octanol–water partition coefficient (Wildman–Crippen LogP) is 1.80. The summed E-state index contributed by atoms with van der Waals surface area (Å²) in [6.07, 6.45) is 1.97. The van der Waals surface area contributed by atoms with E-state index < -0.39 is 10.7 Å². The fraction of sp³-hybridized carbons (Fsp3) is 0.417. The molecule has 1 amide bonds. The van der Waals surface area contributed by atoms with Gasteiger partial charge >= 0.3 is 0 Å². The van der Waals surface area contributed by atoms with Crippen molar-refractivity contribution >= 4 is 17.3 Å². The first-order valence-corrected chi connectivity index (χ1v) is 5.97. The van der Waals surface area contributed by atoms with Crippen molar-refractivity contribution in [2.75, 3.05) is 5.32 Å². The highest BCUT2D eigenvalue weighted by atomic mass is 19.1. The first kappa shape index (κ1) is 13.4. The Hall–Kier alpha value is -2.02. The smallest absolute Gasteiger partial charge is 0.271 e. The van der Waals surface area contributed by atoms with Crippen LogP contribution in [0.3, 0.4) is 0 Å². The van der Waals surface area contributed by atoms with Crippen LogP contribution in [-0.4, -0.2) is 16.9 Å². The topological polar surface area (TPSA) is 98.3 Å². The molecular weight excluding hydrogens is 253 g/mol. The maximum absolute atomic E-state index is 13.5. The van der Waals surface area contributed by atoms with Gasteiger partial charge in [-0.3, -0.25) is 14.9 Å². The first-order valence-electron chi connectivity index (χ1n) is 5.97. The summed E-state index contributed by atoms with van der Waals surface area (Å²) in [5.41, 5.74) is 5.28. The van der Waals surface area contributed by atoms with E-state index in [0.717, 1.165) is 24.6 Å². The molecule has 0 aliphatic heterocycles. The zero-order chi connectivity index (χ0) is 14.0. The minimum atomic E-state index is -0.693. The standard InChI is InChI=1S/C12H14FN3O3/c13-10-4-3-9(16(18)19)6-11(10)15-12(17)7-1-2-8(14)5-7/h3-4,6-8H,1-2,5,14H2,(H,15,17). The van der Waals surface area contributed by atoms with Crippen LogP contribution < -0.4 is 11.1 Å². The molecular formula is C12H14FN3O3. The van der Waals surface area contributed by atoms with Gasteiger partial charge in [-0.2, -0.15) is 0 Å². The number of benzene rings is 1. The van der Waals surface area contributed by atoms with Crippen LogP contribution in [0.15, 0.2) is 18.2 Å². The van der Waals surface area contributed by atoms with Crippen LogP contribution in [0.5, 0.6) is 0 Å². The molecule has 0 aromatic heterocycles. The third-order valence-corrected chi connectivity index (χ3v) is 3.26. The number of nitrogens with one attached hydrogen (secondary N) is 1. The van der Waals surface area contributed by atoms with Gasteiger partial charge in [-0.05, 0) is 25.3 Å². The average Bonchev–Trinajstić information content (AvgIpc) is 2.78. The number of hydrogen-bond acceptors (Lipinski definition) is 4. The van der Waals surface area contributed by atoms with Crippen LogP contribution in [0.25, 0.3) is 0 Å². The Morgan fingerprint density at radius 2 is 2.21 bits per heavy atom. The highest BCUT2D eigenvalue weighted by molar-refractivity contribution is 5.93. The van der Waals surface area contributed by atoms with E-state index in [1.54, 1.807) is 0 Å². The van der Waals surface area contributed by atoms with Gasteiger partial charge < -0.3 is 11.1 Å². The molecule has 1 saturated carbocycles. The fourth-order valence-electron chi connectivity index (χ4n) is 2.21. The molecule has 102 valence electrons. The zero-order valence-electron chi connectivity index (χ0n) is 10.1. The second-order valence-corrected chi connectivity index (χ2v) is 4.68. The Morgan fingerprint density at radius 3 is 2.79 bits per heavy atom. The summed E-state index contributed by atoms with van der Waals surface area (Å²) in [6.45, 7) is 0. The Kier molecular flexibility index (Phi) is 3.75. The van der Waals surface area contributed by atoms with Crippen molar-refractivity contribution in [2.24, 2.45) is 11.7 Å². The Labute approximate surface area is 108 Å². The van der Waals surface area contributed by atoms with Crippen molar-refractivity contribution in [3.05, 3.63) is 34.1 Å². The van der Waals surface area contributed by atoms with Gasteiger partial charge in [-0.1, -0.05) is 0 Å². The summed E-state index contributed by atoms with van der Waals surface area (Å²) >= 11 is 0. The molecule has 0 spiro atoms. The summed E-state index contributed by atoms with van der Waals surface area (Å²) in [6, 6.07) is 3.03. The molecule has 0 saturated heterocycles. The number of nitrogens with zero attached hydrogens (tertiary/aromatic N) is 1. The maximum Gasteiger partial charge on any atom is 0.271 e. The number of carbonyl (C=O) groups is 1. The third kappa shape index (κ3) is 3.05. The fourth-order valence-corrected chi connectivity index (χ4v) is 2.21. The van der Waals surface area contributed by atoms with Gasteiger partial charge in [-0.15, -0.1) is 0 Å². The van der Waals surface area contributed by atoms with E-state index in [9.17, 15) is 19.3 Å². The Morgan fingerprint density at radius 1 is 1.47 bits per heavy atom. The van der Waals surface area contributed by atoms with Crippen LogP contribution in [0.4, 0.5) is 15.8 Å². The molecule has 7 heteroatoms. The summed E-state index contributed by atoms with van der Waals surface area (Å²) in [5.74, 6) is -1.29. The number of nitro benzene ring substituents is 1. The summed E-state index contributed by atoms with van der Waals surface area (Å²) in [5, 5.41) is 13.0.